The number of nitrogens with zero attached hydrogens (tertiary/aromatic N) is 1. The molecule has 0 saturated carbocycles. The molecule has 0 radical (unpaired) electrons. The minimum atomic E-state index is -3.96. The average Bonchev–Trinajstić information content (AvgIpc) is 2.70. The lowest BCUT2D eigenvalue weighted by atomic mass is 9.75. The fourth-order valence-electron chi connectivity index (χ4n) is 3.63. The number of nitrogens with one attached hydrogen (secondary N) is 1. The lowest BCUT2D eigenvalue weighted by Gasteiger charge is -2.42. The van der Waals surface area contributed by atoms with E-state index in [1.807, 2.05) is 6.07 Å². The summed E-state index contributed by atoms with van der Waals surface area (Å²) in [6.07, 6.45) is 4.91. The third-order valence-corrected chi connectivity index (χ3v) is 7.44. The maximum Gasteiger partial charge on any atom is 0.325 e. The summed E-state index contributed by atoms with van der Waals surface area (Å²) in [4.78, 5) is 22.5. The lowest BCUT2D eigenvalue weighted by molar-refractivity contribution is -0.0652. The molecule has 1 aliphatic rings. The van der Waals surface area contributed by atoms with Crippen molar-refractivity contribution in [1.29, 1.82) is 0 Å². The van der Waals surface area contributed by atoms with Gasteiger partial charge in [-0.15, -0.1) is 11.8 Å². The Morgan fingerprint density at radius 3 is 2.61 bits per heavy atom. The van der Waals surface area contributed by atoms with Gasteiger partial charge in [-0.25, -0.2) is 4.39 Å². The van der Waals surface area contributed by atoms with Crippen LogP contribution in [-0.2, 0) is 21.3 Å². The zero-order valence-corrected chi connectivity index (χ0v) is 19.2. The molecule has 2 aromatic rings. The molecular formula is C22H30FN2O4PS. The monoisotopic (exact) mass is 468 g/mol. The minimum Gasteiger partial charge on any atom is -0.379 e. The smallest absolute Gasteiger partial charge is 0.325 e. The van der Waals surface area contributed by atoms with Crippen LogP contribution in [0.25, 0.3) is 0 Å². The van der Waals surface area contributed by atoms with E-state index in [0.29, 0.717) is 30.1 Å². The van der Waals surface area contributed by atoms with Crippen molar-refractivity contribution >= 4 is 19.4 Å². The molecule has 1 aromatic carbocycles. The number of pyridine rings is 1. The summed E-state index contributed by atoms with van der Waals surface area (Å²) < 4.78 is 30.7. The summed E-state index contributed by atoms with van der Waals surface area (Å²) >= 11 is 1.49. The maximum absolute atomic E-state index is 14.4. The van der Waals surface area contributed by atoms with Gasteiger partial charge in [0.2, 0.25) is 0 Å². The SMILES string of the molecule is O=P(O)(O)CCCNCc1cc(F)c(SCCCCC2(c3ccccc3)COC2)cn1. The van der Waals surface area contributed by atoms with Crippen molar-refractivity contribution in [3.63, 3.8) is 0 Å². The molecule has 170 valence electrons. The van der Waals surface area contributed by atoms with Gasteiger partial charge in [0.1, 0.15) is 5.82 Å². The van der Waals surface area contributed by atoms with Gasteiger partial charge in [0.05, 0.1) is 30.0 Å². The fourth-order valence-corrected chi connectivity index (χ4v) is 5.09. The second-order valence-corrected chi connectivity index (χ2v) is 10.9. The van der Waals surface area contributed by atoms with Gasteiger partial charge < -0.3 is 19.8 Å². The van der Waals surface area contributed by atoms with Gasteiger partial charge in [0.15, 0.2) is 0 Å². The van der Waals surface area contributed by atoms with Crippen LogP contribution in [-0.4, -0.2) is 46.4 Å². The average molecular weight is 469 g/mol. The van der Waals surface area contributed by atoms with Crippen LogP contribution in [0.2, 0.25) is 0 Å². The molecule has 0 atom stereocenters. The molecule has 3 rings (SSSR count). The number of ether oxygens (including phenoxy) is 1. The summed E-state index contributed by atoms with van der Waals surface area (Å²) in [7, 11) is -3.96. The molecule has 1 aliphatic heterocycles. The summed E-state index contributed by atoms with van der Waals surface area (Å²) in [6.45, 7) is 2.36. The van der Waals surface area contributed by atoms with Gasteiger partial charge >= 0.3 is 7.60 Å². The normalized spacial score (nSPS) is 15.6. The van der Waals surface area contributed by atoms with E-state index in [-0.39, 0.29) is 17.4 Å². The number of rotatable bonds is 13. The van der Waals surface area contributed by atoms with Crippen LogP contribution in [0, 0.1) is 5.82 Å². The van der Waals surface area contributed by atoms with Crippen LogP contribution >= 0.6 is 19.4 Å². The quantitative estimate of drug-likeness (QED) is 0.232. The van der Waals surface area contributed by atoms with Crippen LogP contribution < -0.4 is 5.32 Å². The Bertz CT molecular complexity index is 877. The standard InChI is InChI=1S/C22H30FN2O4PS/c23-20-13-19(14-24-10-6-11-30(26,27)28)25-15-21(20)31-12-5-4-9-22(16-29-17-22)18-7-2-1-3-8-18/h1-3,7-8,13,15,24H,4-6,9-12,14,16-17H2,(H2,26,27,28). The molecule has 1 fully saturated rings. The third kappa shape index (κ3) is 7.67. The van der Waals surface area contributed by atoms with Gasteiger partial charge in [0, 0.05) is 18.2 Å². The second kappa shape index (κ2) is 11.5. The molecule has 31 heavy (non-hydrogen) atoms. The first kappa shape index (κ1) is 24.4. The van der Waals surface area contributed by atoms with Gasteiger partial charge in [0.25, 0.3) is 0 Å². The van der Waals surface area contributed by atoms with Crippen LogP contribution in [0.15, 0.2) is 47.5 Å². The van der Waals surface area contributed by atoms with Crippen molar-refractivity contribution < 1.29 is 23.5 Å². The third-order valence-electron chi connectivity index (χ3n) is 5.44. The number of hydrogen-bond donors (Lipinski definition) is 3. The Kier molecular flexibility index (Phi) is 9.07. The van der Waals surface area contributed by atoms with Crippen molar-refractivity contribution in [1.82, 2.24) is 10.3 Å². The first-order valence-electron chi connectivity index (χ1n) is 10.5. The van der Waals surface area contributed by atoms with E-state index in [9.17, 15) is 8.96 Å². The van der Waals surface area contributed by atoms with E-state index in [0.717, 1.165) is 38.2 Å². The van der Waals surface area contributed by atoms with E-state index in [2.05, 4.69) is 34.6 Å². The van der Waals surface area contributed by atoms with Crippen molar-refractivity contribution in [2.45, 2.75) is 42.5 Å². The van der Waals surface area contributed by atoms with Crippen LogP contribution in [0.3, 0.4) is 0 Å². The Morgan fingerprint density at radius 1 is 1.19 bits per heavy atom. The fraction of sp³-hybridized carbons (Fsp3) is 0.500. The van der Waals surface area contributed by atoms with Gasteiger partial charge in [-0.2, -0.15) is 0 Å². The van der Waals surface area contributed by atoms with Gasteiger partial charge in [-0.1, -0.05) is 36.8 Å². The zero-order chi connectivity index (χ0) is 22.2. The van der Waals surface area contributed by atoms with E-state index in [4.69, 9.17) is 14.5 Å². The molecule has 1 aromatic heterocycles. The number of thioether (sulfide) groups is 1. The van der Waals surface area contributed by atoms with Crippen LogP contribution in [0.4, 0.5) is 4.39 Å². The van der Waals surface area contributed by atoms with E-state index in [1.165, 1.54) is 23.4 Å². The predicted molar refractivity (Wildman–Crippen MR) is 121 cm³/mol. The summed E-state index contributed by atoms with van der Waals surface area (Å²) in [6, 6.07) is 11.9. The number of benzene rings is 1. The zero-order valence-electron chi connectivity index (χ0n) is 17.5. The van der Waals surface area contributed by atoms with E-state index >= 15 is 0 Å². The highest BCUT2D eigenvalue weighted by atomic mass is 32.2. The lowest BCUT2D eigenvalue weighted by Crippen LogP contribution is -2.46. The molecule has 0 aliphatic carbocycles. The Morgan fingerprint density at radius 2 is 1.97 bits per heavy atom. The highest BCUT2D eigenvalue weighted by molar-refractivity contribution is 7.99. The number of hydrogen-bond acceptors (Lipinski definition) is 5. The molecule has 2 heterocycles. The number of halogens is 1. The molecule has 6 nitrogen and oxygen atoms in total. The van der Waals surface area contributed by atoms with Crippen LogP contribution in [0.1, 0.15) is 36.9 Å². The van der Waals surface area contributed by atoms with E-state index < -0.39 is 7.60 Å². The van der Waals surface area contributed by atoms with Gasteiger partial charge in [-0.05, 0) is 43.2 Å². The molecule has 3 N–H and O–H groups in total. The molecule has 0 unspecified atom stereocenters. The molecule has 1 saturated heterocycles. The van der Waals surface area contributed by atoms with E-state index in [1.54, 1.807) is 6.20 Å². The van der Waals surface area contributed by atoms with Crippen molar-refractivity contribution in [2.24, 2.45) is 0 Å². The topological polar surface area (TPSA) is 91.7 Å². The summed E-state index contributed by atoms with van der Waals surface area (Å²) in [5.74, 6) is 0.560. The predicted octanol–water partition coefficient (Wildman–Crippen LogP) is 4.11. The molecule has 0 bridgehead atoms. The molecular weight excluding hydrogens is 438 g/mol. The highest BCUT2D eigenvalue weighted by Crippen LogP contribution is 2.37. The van der Waals surface area contributed by atoms with Crippen LogP contribution in [0.5, 0.6) is 0 Å². The summed E-state index contributed by atoms with van der Waals surface area (Å²) in [5.41, 5.74) is 2.06. The van der Waals surface area contributed by atoms with Gasteiger partial charge in [-0.3, -0.25) is 9.55 Å². The second-order valence-electron chi connectivity index (χ2n) is 7.97. The first-order valence-corrected chi connectivity index (χ1v) is 13.3. The molecule has 0 amide bonds. The highest BCUT2D eigenvalue weighted by Gasteiger charge is 2.39. The number of unbranched alkanes of at least 4 members (excludes halogenated alkanes) is 1. The Labute approximate surface area is 187 Å². The van der Waals surface area contributed by atoms with Crippen molar-refractivity contribution in [3.8, 4) is 0 Å². The Hall–Kier alpha value is -1.28. The summed E-state index contributed by atoms with van der Waals surface area (Å²) in [5, 5.41) is 3.03. The van der Waals surface area contributed by atoms with Crippen molar-refractivity contribution in [2.75, 3.05) is 31.7 Å². The molecule has 0 spiro atoms. The molecule has 9 heteroatoms. The maximum atomic E-state index is 14.4. The Balaban J connectivity index is 1.35. The minimum absolute atomic E-state index is 0.138. The largest absolute Gasteiger partial charge is 0.379 e. The van der Waals surface area contributed by atoms with Crippen molar-refractivity contribution in [3.05, 3.63) is 59.7 Å². The number of aromatic nitrogens is 1. The first-order chi connectivity index (χ1) is 14.9.